The number of hydrogen-bond acceptors (Lipinski definition) is 6. The molecule has 0 radical (unpaired) electrons. The van der Waals surface area contributed by atoms with Crippen LogP contribution >= 0.6 is 7.60 Å². The minimum atomic E-state index is -4.15. The number of fused-ring (bicyclic) bond motifs is 1. The maximum atomic E-state index is 10.7. The maximum Gasteiger partial charge on any atom is 0.350 e. The topological polar surface area (TPSA) is 136 Å². The molecule has 4 N–H and O–H groups in total. The first-order valence-electron chi connectivity index (χ1n) is 5.46. The van der Waals surface area contributed by atoms with Crippen LogP contribution in [0, 0.1) is 0 Å². The van der Waals surface area contributed by atoms with Crippen molar-refractivity contribution in [3.05, 3.63) is 18.1 Å². The molecule has 2 rings (SSSR count). The highest BCUT2D eigenvalue weighted by Gasteiger charge is 2.17. The number of aromatic nitrogens is 4. The van der Waals surface area contributed by atoms with E-state index in [2.05, 4.69) is 15.1 Å². The predicted molar refractivity (Wildman–Crippen MR) is 66.4 cm³/mol. The summed E-state index contributed by atoms with van der Waals surface area (Å²) in [6.45, 7) is 1.71. The molecule has 10 heteroatoms. The summed E-state index contributed by atoms with van der Waals surface area (Å²) in [5.41, 5.74) is 6.96. The van der Waals surface area contributed by atoms with Crippen LogP contribution in [0.15, 0.2) is 12.5 Å². The number of rotatable bonds is 5. The highest BCUT2D eigenvalue weighted by molar-refractivity contribution is 7.51. The smallest absolute Gasteiger partial charge is 0.350 e. The van der Waals surface area contributed by atoms with Crippen molar-refractivity contribution in [2.45, 2.75) is 19.4 Å². The molecular weight excluding hydrogens is 273 g/mol. The molecule has 19 heavy (non-hydrogen) atoms. The van der Waals surface area contributed by atoms with Crippen molar-refractivity contribution >= 4 is 19.2 Å². The molecule has 2 aromatic heterocycles. The van der Waals surface area contributed by atoms with Crippen LogP contribution in [0.5, 0.6) is 0 Å². The molecule has 0 aromatic carbocycles. The molecule has 2 aromatic rings. The summed E-state index contributed by atoms with van der Waals surface area (Å²) in [5, 5.41) is 4.04. The van der Waals surface area contributed by atoms with Gasteiger partial charge in [-0.15, -0.1) is 0 Å². The van der Waals surface area contributed by atoms with Gasteiger partial charge in [-0.3, -0.25) is 4.57 Å². The Kier molecular flexibility index (Phi) is 3.81. The molecular formula is C9H14N5O4P. The second-order valence-corrected chi connectivity index (χ2v) is 5.70. The Morgan fingerprint density at radius 2 is 2.26 bits per heavy atom. The average molecular weight is 287 g/mol. The Morgan fingerprint density at radius 3 is 2.95 bits per heavy atom. The Balaban J connectivity index is 2.09. The average Bonchev–Trinajstić information content (AvgIpc) is 2.71. The fraction of sp³-hybridized carbons (Fsp3) is 0.444. The Labute approximate surface area is 108 Å². The molecule has 0 bridgehead atoms. The van der Waals surface area contributed by atoms with Crippen LogP contribution in [0.25, 0.3) is 5.65 Å². The molecule has 0 aliphatic carbocycles. The van der Waals surface area contributed by atoms with Crippen LogP contribution in [-0.4, -0.2) is 41.8 Å². The van der Waals surface area contributed by atoms with Crippen LogP contribution in [0.4, 0.5) is 5.95 Å². The third kappa shape index (κ3) is 3.48. The lowest BCUT2D eigenvalue weighted by atomic mass is 10.2. The quantitative estimate of drug-likeness (QED) is 0.642. The van der Waals surface area contributed by atoms with Gasteiger partial charge in [0.05, 0.1) is 12.3 Å². The van der Waals surface area contributed by atoms with E-state index in [1.165, 1.54) is 10.8 Å². The third-order valence-corrected chi connectivity index (χ3v) is 2.92. The highest BCUT2D eigenvalue weighted by atomic mass is 31.2. The van der Waals surface area contributed by atoms with Crippen molar-refractivity contribution in [3.63, 3.8) is 0 Å². The SMILES string of the molecule is C[C@@H](Cc1cnn2c(N)ncnc12)OCP(=O)(O)O. The summed E-state index contributed by atoms with van der Waals surface area (Å²) >= 11 is 0. The standard InChI is InChI=1S/C9H14N5O4P/c1-6(18-5-19(15,16)17)2-7-3-13-14-8(7)11-4-12-9(14)10/h3-4,6H,2,5H2,1H3,(H2,10,11,12)(H2,15,16,17)/t6-/m0/s1. The number of anilines is 1. The molecule has 0 saturated heterocycles. The molecule has 1 atom stereocenters. The van der Waals surface area contributed by atoms with Gasteiger partial charge in [0, 0.05) is 12.0 Å². The third-order valence-electron chi connectivity index (χ3n) is 2.44. The number of hydrogen-bond donors (Lipinski definition) is 3. The van der Waals surface area contributed by atoms with Gasteiger partial charge in [0.15, 0.2) is 5.65 Å². The number of nitrogens with zero attached hydrogens (tertiary/aromatic N) is 4. The second kappa shape index (κ2) is 5.22. The van der Waals surface area contributed by atoms with E-state index in [9.17, 15) is 4.57 Å². The van der Waals surface area contributed by atoms with Crippen molar-refractivity contribution in [2.24, 2.45) is 0 Å². The van der Waals surface area contributed by atoms with Gasteiger partial charge in [-0.2, -0.15) is 9.61 Å². The summed E-state index contributed by atoms with van der Waals surface area (Å²) in [7, 11) is -4.15. The van der Waals surface area contributed by atoms with Crippen molar-refractivity contribution in [1.82, 2.24) is 19.6 Å². The summed E-state index contributed by atoms with van der Waals surface area (Å²) in [6, 6.07) is 0. The van der Waals surface area contributed by atoms with Gasteiger partial charge in [0.1, 0.15) is 12.7 Å². The minimum Gasteiger partial charge on any atom is -0.368 e. The maximum absolute atomic E-state index is 10.7. The fourth-order valence-electron chi connectivity index (χ4n) is 1.62. The molecule has 9 nitrogen and oxygen atoms in total. The van der Waals surface area contributed by atoms with Gasteiger partial charge in [0.25, 0.3) is 0 Å². The molecule has 104 valence electrons. The van der Waals surface area contributed by atoms with Crippen molar-refractivity contribution in [2.75, 3.05) is 12.1 Å². The zero-order valence-electron chi connectivity index (χ0n) is 10.2. The van der Waals surface area contributed by atoms with Crippen molar-refractivity contribution in [1.29, 1.82) is 0 Å². The Bertz CT molecular complexity index is 624. The van der Waals surface area contributed by atoms with E-state index >= 15 is 0 Å². The monoisotopic (exact) mass is 287 g/mol. The number of ether oxygens (including phenoxy) is 1. The van der Waals surface area contributed by atoms with Gasteiger partial charge < -0.3 is 20.3 Å². The van der Waals surface area contributed by atoms with Crippen molar-refractivity contribution in [3.8, 4) is 0 Å². The fourth-order valence-corrected chi connectivity index (χ4v) is 2.06. The number of nitrogen functional groups attached to an aromatic ring is 1. The lowest BCUT2D eigenvalue weighted by molar-refractivity contribution is 0.0889. The van der Waals surface area contributed by atoms with E-state index in [-0.39, 0.29) is 12.1 Å². The summed E-state index contributed by atoms with van der Waals surface area (Å²) < 4.78 is 17.2. The zero-order chi connectivity index (χ0) is 14.0. The lowest BCUT2D eigenvalue weighted by Gasteiger charge is -2.12. The van der Waals surface area contributed by atoms with E-state index in [1.807, 2.05) is 0 Å². The van der Waals surface area contributed by atoms with E-state index < -0.39 is 13.9 Å². The first-order chi connectivity index (χ1) is 8.87. The largest absolute Gasteiger partial charge is 0.368 e. The first kappa shape index (κ1) is 13.9. The molecule has 0 unspecified atom stereocenters. The molecule has 0 spiro atoms. The Morgan fingerprint density at radius 1 is 1.53 bits per heavy atom. The van der Waals surface area contributed by atoms with E-state index in [0.29, 0.717) is 12.1 Å². The molecule has 0 fully saturated rings. The summed E-state index contributed by atoms with van der Waals surface area (Å²) in [6.07, 6.45) is 2.34. The highest BCUT2D eigenvalue weighted by Crippen LogP contribution is 2.34. The van der Waals surface area contributed by atoms with Crippen LogP contribution in [0.1, 0.15) is 12.5 Å². The van der Waals surface area contributed by atoms with E-state index in [0.717, 1.165) is 5.56 Å². The van der Waals surface area contributed by atoms with Gasteiger partial charge in [-0.1, -0.05) is 0 Å². The molecule has 0 aliphatic rings. The van der Waals surface area contributed by atoms with Crippen LogP contribution in [0.2, 0.25) is 0 Å². The number of nitrogens with two attached hydrogens (primary N) is 1. The molecule has 2 heterocycles. The van der Waals surface area contributed by atoms with Crippen molar-refractivity contribution < 1.29 is 19.1 Å². The van der Waals surface area contributed by atoms with Crippen LogP contribution < -0.4 is 5.73 Å². The predicted octanol–water partition coefficient (Wildman–Crippen LogP) is -0.211. The zero-order valence-corrected chi connectivity index (χ0v) is 11.1. The van der Waals surface area contributed by atoms with Gasteiger partial charge >= 0.3 is 7.60 Å². The Hall–Kier alpha value is -1.54. The normalized spacial score (nSPS) is 13.8. The van der Waals surface area contributed by atoms with Gasteiger partial charge in [-0.05, 0) is 6.92 Å². The van der Waals surface area contributed by atoms with E-state index in [1.54, 1.807) is 13.1 Å². The summed E-state index contributed by atoms with van der Waals surface area (Å²) in [5.74, 6) is 0.222. The van der Waals surface area contributed by atoms with E-state index in [4.69, 9.17) is 20.3 Å². The molecule has 0 amide bonds. The molecule has 0 aliphatic heterocycles. The van der Waals surface area contributed by atoms with Crippen LogP contribution in [-0.2, 0) is 15.7 Å². The minimum absolute atomic E-state index is 0.222. The first-order valence-corrected chi connectivity index (χ1v) is 7.26. The van der Waals surface area contributed by atoms with Gasteiger partial charge in [-0.25, -0.2) is 9.97 Å². The van der Waals surface area contributed by atoms with Crippen LogP contribution in [0.3, 0.4) is 0 Å². The second-order valence-electron chi connectivity index (χ2n) is 4.11. The van der Waals surface area contributed by atoms with Gasteiger partial charge in [0.2, 0.25) is 5.95 Å². The molecule has 0 saturated carbocycles. The lowest BCUT2D eigenvalue weighted by Crippen LogP contribution is -2.13. The summed E-state index contributed by atoms with van der Waals surface area (Å²) in [4.78, 5) is 25.3.